The zero-order valence-corrected chi connectivity index (χ0v) is 27.5. The molecule has 1 amide bonds. The second-order valence-corrected chi connectivity index (χ2v) is 13.7. The Morgan fingerprint density at radius 3 is 1.57 bits per heavy atom. The number of carbonyl (C=O) groups excluding carboxylic acids is 4. The molecule has 44 heavy (non-hydrogen) atoms. The molecule has 0 aromatic carbocycles. The topological polar surface area (TPSA) is 112 Å². The molecule has 0 radical (unpaired) electrons. The van der Waals surface area contributed by atoms with E-state index in [9.17, 15) is 19.2 Å². The van der Waals surface area contributed by atoms with Crippen LogP contribution in [0.3, 0.4) is 0 Å². The van der Waals surface area contributed by atoms with Gasteiger partial charge >= 0.3 is 0 Å². The van der Waals surface area contributed by atoms with Crippen molar-refractivity contribution in [3.05, 3.63) is 83.0 Å². The van der Waals surface area contributed by atoms with E-state index >= 15 is 0 Å². The van der Waals surface area contributed by atoms with Crippen LogP contribution in [0.1, 0.15) is 94.6 Å². The zero-order chi connectivity index (χ0) is 32.7. The fraction of sp³-hybridized carbons (Fsp3) is 0.412. The van der Waals surface area contributed by atoms with E-state index in [4.69, 9.17) is 0 Å². The minimum absolute atomic E-state index is 0.0177. The molecule has 4 rings (SSSR count). The monoisotopic (exact) mass is 600 g/mol. The fourth-order valence-corrected chi connectivity index (χ4v) is 5.30. The molecule has 10 heteroatoms. The number of aryl methyl sites for hydroxylation is 4. The number of ketones is 3. The van der Waals surface area contributed by atoms with Crippen molar-refractivity contribution in [3.8, 4) is 0 Å². The van der Waals surface area contributed by atoms with Gasteiger partial charge in [0, 0.05) is 76.8 Å². The van der Waals surface area contributed by atoms with Crippen molar-refractivity contribution in [2.75, 3.05) is 10.6 Å². The minimum Gasteiger partial charge on any atom is -0.379 e. The van der Waals surface area contributed by atoms with Gasteiger partial charge in [0.05, 0.1) is 28.5 Å². The maximum absolute atomic E-state index is 13.3. The van der Waals surface area contributed by atoms with Crippen molar-refractivity contribution >= 4 is 34.6 Å². The Morgan fingerprint density at radius 2 is 1.02 bits per heavy atom. The van der Waals surface area contributed by atoms with Gasteiger partial charge in [0.1, 0.15) is 5.69 Å². The molecular formula is C34H44N6O4. The summed E-state index contributed by atoms with van der Waals surface area (Å²) in [5.74, 6) is -0.512. The van der Waals surface area contributed by atoms with Gasteiger partial charge in [0.25, 0.3) is 5.91 Å². The first-order valence-corrected chi connectivity index (χ1v) is 14.7. The highest BCUT2D eigenvalue weighted by Crippen LogP contribution is 2.25. The van der Waals surface area contributed by atoms with Gasteiger partial charge in [-0.2, -0.15) is 0 Å². The van der Waals surface area contributed by atoms with E-state index in [1.165, 1.54) is 0 Å². The standard InChI is InChI=1S/C34H44N6O4/c1-33(2,3)31(43)27-15-23(19-40(27)10)35-32(44)28-12-22(18-38(28)8)14-29(41)25-11-21(17-37(25)7)13-30(42)26-16-24(20-39(26)9)36-34(4,5)6/h11-12,15-20,36H,13-14H2,1-10H3,(H,35,44). The molecule has 0 saturated carbocycles. The van der Waals surface area contributed by atoms with Crippen molar-refractivity contribution in [2.45, 2.75) is 59.9 Å². The summed E-state index contributed by atoms with van der Waals surface area (Å²) < 4.78 is 6.95. The highest BCUT2D eigenvalue weighted by atomic mass is 16.2. The van der Waals surface area contributed by atoms with Crippen molar-refractivity contribution < 1.29 is 19.2 Å². The van der Waals surface area contributed by atoms with E-state index in [1.807, 2.05) is 50.8 Å². The molecule has 10 nitrogen and oxygen atoms in total. The molecule has 0 unspecified atom stereocenters. The lowest BCUT2D eigenvalue weighted by molar-refractivity contribution is 0.0848. The van der Waals surface area contributed by atoms with Crippen molar-refractivity contribution in [2.24, 2.45) is 33.6 Å². The Balaban J connectivity index is 1.42. The molecule has 0 aliphatic carbocycles. The molecule has 0 spiro atoms. The predicted molar refractivity (Wildman–Crippen MR) is 173 cm³/mol. The third kappa shape index (κ3) is 7.30. The molecule has 0 bridgehead atoms. The van der Waals surface area contributed by atoms with Crippen molar-refractivity contribution in [1.82, 2.24) is 18.3 Å². The highest BCUT2D eigenvalue weighted by Gasteiger charge is 2.26. The average Bonchev–Trinajstić information content (AvgIpc) is 3.63. The van der Waals surface area contributed by atoms with Crippen LogP contribution in [0.5, 0.6) is 0 Å². The molecule has 0 saturated heterocycles. The number of nitrogens with one attached hydrogen (secondary N) is 2. The Kier molecular flexibility index (Phi) is 8.68. The molecule has 234 valence electrons. The molecule has 0 atom stereocenters. The molecule has 0 aliphatic rings. The number of carbonyl (C=O) groups is 4. The van der Waals surface area contributed by atoms with Gasteiger partial charge in [-0.15, -0.1) is 0 Å². The average molecular weight is 601 g/mol. The Morgan fingerprint density at radius 1 is 0.591 bits per heavy atom. The lowest BCUT2D eigenvalue weighted by Gasteiger charge is -2.20. The second-order valence-electron chi connectivity index (χ2n) is 13.7. The summed E-state index contributed by atoms with van der Waals surface area (Å²) in [5, 5.41) is 6.25. The smallest absolute Gasteiger partial charge is 0.272 e. The largest absolute Gasteiger partial charge is 0.379 e. The third-order valence-electron chi connectivity index (χ3n) is 7.36. The SMILES string of the molecule is Cn1cc(CC(=O)c2cc(NC(C)(C)C)cn2C)cc1C(=O)Cc1cc(C(=O)Nc2cc(C(=O)C(C)(C)C)n(C)c2)n(C)c1. The van der Waals surface area contributed by atoms with Crippen LogP contribution in [0.2, 0.25) is 0 Å². The summed E-state index contributed by atoms with van der Waals surface area (Å²) in [6.07, 6.45) is 7.45. The predicted octanol–water partition coefficient (Wildman–Crippen LogP) is 5.58. The first-order chi connectivity index (χ1) is 20.3. The molecule has 0 fully saturated rings. The van der Waals surface area contributed by atoms with Gasteiger partial charge in [-0.05, 0) is 56.2 Å². The number of anilines is 2. The van der Waals surface area contributed by atoms with Crippen LogP contribution >= 0.6 is 0 Å². The summed E-state index contributed by atoms with van der Waals surface area (Å²) in [4.78, 5) is 52.3. The minimum atomic E-state index is -0.545. The zero-order valence-electron chi connectivity index (χ0n) is 27.5. The summed E-state index contributed by atoms with van der Waals surface area (Å²) in [5.41, 5.74) is 4.17. The molecule has 4 aromatic heterocycles. The van der Waals surface area contributed by atoms with E-state index in [-0.39, 0.29) is 41.6 Å². The van der Waals surface area contributed by atoms with Crippen molar-refractivity contribution in [3.63, 3.8) is 0 Å². The maximum Gasteiger partial charge on any atom is 0.272 e. The summed E-state index contributed by atoms with van der Waals surface area (Å²) in [6, 6.07) is 6.99. The van der Waals surface area contributed by atoms with Gasteiger partial charge in [-0.25, -0.2) is 0 Å². The highest BCUT2D eigenvalue weighted by molar-refractivity contribution is 6.05. The van der Waals surface area contributed by atoms with Crippen LogP contribution in [-0.4, -0.2) is 47.1 Å². The normalized spacial score (nSPS) is 12.0. The van der Waals surface area contributed by atoms with Crippen LogP contribution in [0.15, 0.2) is 49.1 Å². The number of aromatic nitrogens is 4. The van der Waals surface area contributed by atoms with Gasteiger partial charge in [-0.3, -0.25) is 19.2 Å². The molecule has 4 heterocycles. The fourth-order valence-electron chi connectivity index (χ4n) is 5.30. The Hall–Kier alpha value is -4.60. The second kappa shape index (κ2) is 11.8. The summed E-state index contributed by atoms with van der Waals surface area (Å²) in [7, 11) is 7.16. The van der Waals surface area contributed by atoms with E-state index in [2.05, 4.69) is 31.4 Å². The maximum atomic E-state index is 13.3. The molecule has 0 aliphatic heterocycles. The van der Waals surface area contributed by atoms with Crippen molar-refractivity contribution in [1.29, 1.82) is 0 Å². The van der Waals surface area contributed by atoms with Crippen LogP contribution in [0.25, 0.3) is 0 Å². The van der Waals surface area contributed by atoms with E-state index in [1.54, 1.807) is 65.4 Å². The summed E-state index contributed by atoms with van der Waals surface area (Å²) >= 11 is 0. The summed E-state index contributed by atoms with van der Waals surface area (Å²) in [6.45, 7) is 11.8. The lowest BCUT2D eigenvalue weighted by atomic mass is 9.89. The number of rotatable bonds is 10. The molecular weight excluding hydrogens is 556 g/mol. The van der Waals surface area contributed by atoms with E-state index in [0.717, 1.165) is 11.3 Å². The van der Waals surface area contributed by atoms with Gasteiger partial charge in [0.15, 0.2) is 17.3 Å². The van der Waals surface area contributed by atoms with E-state index in [0.29, 0.717) is 34.0 Å². The van der Waals surface area contributed by atoms with Crippen LogP contribution in [0.4, 0.5) is 11.4 Å². The number of Topliss-reactive ketones (excluding diaryl/α,β-unsaturated/α-hetero) is 3. The van der Waals surface area contributed by atoms with Gasteiger partial charge < -0.3 is 28.9 Å². The number of hydrogen-bond donors (Lipinski definition) is 2. The van der Waals surface area contributed by atoms with Crippen LogP contribution in [0, 0.1) is 5.41 Å². The number of hydrogen-bond acceptors (Lipinski definition) is 5. The van der Waals surface area contributed by atoms with Gasteiger partial charge in [0.2, 0.25) is 0 Å². The van der Waals surface area contributed by atoms with Crippen LogP contribution in [-0.2, 0) is 41.0 Å². The quantitative estimate of drug-likeness (QED) is 0.231. The van der Waals surface area contributed by atoms with Gasteiger partial charge in [-0.1, -0.05) is 20.8 Å². The van der Waals surface area contributed by atoms with E-state index < -0.39 is 5.41 Å². The third-order valence-corrected chi connectivity index (χ3v) is 7.36. The Labute approximate surface area is 259 Å². The number of amides is 1. The molecule has 4 aromatic rings. The lowest BCUT2D eigenvalue weighted by Crippen LogP contribution is -2.25. The first-order valence-electron chi connectivity index (χ1n) is 14.7. The molecule has 2 N–H and O–H groups in total. The first kappa shape index (κ1) is 32.3. The van der Waals surface area contributed by atoms with Crippen LogP contribution < -0.4 is 10.6 Å². The Bertz CT molecular complexity index is 1750. The number of nitrogens with zero attached hydrogens (tertiary/aromatic N) is 4.